The van der Waals surface area contributed by atoms with E-state index in [-0.39, 0.29) is 35.8 Å². The second kappa shape index (κ2) is 10.6. The van der Waals surface area contributed by atoms with Crippen molar-refractivity contribution in [3.63, 3.8) is 0 Å². The van der Waals surface area contributed by atoms with Gasteiger partial charge in [0.15, 0.2) is 0 Å². The van der Waals surface area contributed by atoms with E-state index in [2.05, 4.69) is 10.6 Å². The van der Waals surface area contributed by atoms with Crippen LogP contribution in [0.5, 0.6) is 0 Å². The van der Waals surface area contributed by atoms with E-state index in [0.717, 1.165) is 0 Å². The number of nitro benzene ring substituents is 1. The Bertz CT molecular complexity index is 865. The fourth-order valence-corrected chi connectivity index (χ4v) is 3.12. The van der Waals surface area contributed by atoms with E-state index in [9.17, 15) is 19.7 Å². The standard InChI is InChI=1S/C19H23N3O6.ClH/c1-11-15(18(23)27-4)17(13-6-5-7-14(10-13)22(25)26)16(12(2)21-11)19(24)28-9-8-20-3;/h5-7,10,17,20-21H,8-9H2,1-4H3;1H. The van der Waals surface area contributed by atoms with E-state index in [4.69, 9.17) is 9.47 Å². The molecule has 0 radical (unpaired) electrons. The average Bonchev–Trinajstić information content (AvgIpc) is 2.67. The molecule has 158 valence electrons. The van der Waals surface area contributed by atoms with Gasteiger partial charge in [0, 0.05) is 30.1 Å². The van der Waals surface area contributed by atoms with Crippen LogP contribution >= 0.6 is 12.4 Å². The maximum absolute atomic E-state index is 12.8. The largest absolute Gasteiger partial charge is 0.466 e. The molecule has 10 heteroatoms. The number of carbonyl (C=O) groups excluding carboxylic acids is 2. The first-order valence-corrected chi connectivity index (χ1v) is 8.64. The van der Waals surface area contributed by atoms with Crippen LogP contribution in [0.3, 0.4) is 0 Å². The number of non-ortho nitro benzene ring substituents is 1. The number of carbonyl (C=O) groups is 2. The van der Waals surface area contributed by atoms with Gasteiger partial charge in [0.05, 0.1) is 29.1 Å². The highest BCUT2D eigenvalue weighted by Crippen LogP contribution is 2.40. The third kappa shape index (κ3) is 5.33. The first-order valence-electron chi connectivity index (χ1n) is 8.64. The first-order chi connectivity index (χ1) is 13.3. The number of likely N-dealkylation sites (N-methyl/N-ethyl adjacent to an activating group) is 1. The number of nitrogens with one attached hydrogen (secondary N) is 2. The molecule has 0 spiro atoms. The maximum Gasteiger partial charge on any atom is 0.336 e. The first kappa shape index (κ1) is 24.1. The second-order valence-electron chi connectivity index (χ2n) is 6.22. The van der Waals surface area contributed by atoms with Crippen molar-refractivity contribution in [1.29, 1.82) is 0 Å². The fourth-order valence-electron chi connectivity index (χ4n) is 3.12. The van der Waals surface area contributed by atoms with Gasteiger partial charge in [-0.1, -0.05) is 12.1 Å². The molecule has 1 aromatic rings. The molecule has 0 aromatic heterocycles. The monoisotopic (exact) mass is 425 g/mol. The van der Waals surface area contributed by atoms with Crippen molar-refractivity contribution in [2.45, 2.75) is 19.8 Å². The van der Waals surface area contributed by atoms with Crippen molar-refractivity contribution in [2.24, 2.45) is 0 Å². The lowest BCUT2D eigenvalue weighted by atomic mass is 9.80. The number of nitro groups is 1. The Hall–Kier alpha value is -2.91. The molecule has 2 rings (SSSR count). The zero-order chi connectivity index (χ0) is 20.8. The van der Waals surface area contributed by atoms with Crippen LogP contribution in [0.1, 0.15) is 25.3 Å². The van der Waals surface area contributed by atoms with E-state index in [1.54, 1.807) is 27.0 Å². The summed E-state index contributed by atoms with van der Waals surface area (Å²) in [5.41, 5.74) is 1.72. The Labute approximate surface area is 174 Å². The van der Waals surface area contributed by atoms with E-state index >= 15 is 0 Å². The van der Waals surface area contributed by atoms with Gasteiger partial charge in [-0.05, 0) is 26.5 Å². The number of methoxy groups -OCH3 is 1. The molecule has 29 heavy (non-hydrogen) atoms. The van der Waals surface area contributed by atoms with Crippen LogP contribution in [-0.4, -0.2) is 44.2 Å². The molecule has 1 aliphatic rings. The summed E-state index contributed by atoms with van der Waals surface area (Å²) in [6.45, 7) is 3.98. The van der Waals surface area contributed by atoms with Gasteiger partial charge in [-0.3, -0.25) is 10.1 Å². The van der Waals surface area contributed by atoms with Gasteiger partial charge in [-0.2, -0.15) is 0 Å². The summed E-state index contributed by atoms with van der Waals surface area (Å²) in [5.74, 6) is -2.09. The minimum Gasteiger partial charge on any atom is -0.466 e. The molecule has 0 bridgehead atoms. The van der Waals surface area contributed by atoms with Crippen molar-refractivity contribution in [3.8, 4) is 0 Å². The van der Waals surface area contributed by atoms with Crippen molar-refractivity contribution in [3.05, 3.63) is 62.5 Å². The molecule has 1 aliphatic heterocycles. The molecule has 1 aromatic carbocycles. The molecule has 0 saturated carbocycles. The highest BCUT2D eigenvalue weighted by atomic mass is 35.5. The topological polar surface area (TPSA) is 120 Å². The predicted molar refractivity (Wildman–Crippen MR) is 109 cm³/mol. The molecule has 0 aliphatic carbocycles. The van der Waals surface area contributed by atoms with E-state index in [0.29, 0.717) is 23.5 Å². The Morgan fingerprint density at radius 1 is 1.21 bits per heavy atom. The van der Waals surface area contributed by atoms with Crippen LogP contribution < -0.4 is 10.6 Å². The number of dihydropyridines is 1. The summed E-state index contributed by atoms with van der Waals surface area (Å²) in [6.07, 6.45) is 0. The minimum atomic E-state index is -0.851. The van der Waals surface area contributed by atoms with Crippen LogP contribution in [-0.2, 0) is 19.1 Å². The van der Waals surface area contributed by atoms with E-state index in [1.165, 1.54) is 25.3 Å². The lowest BCUT2D eigenvalue weighted by molar-refractivity contribution is -0.384. The van der Waals surface area contributed by atoms with Crippen molar-refractivity contribution in [1.82, 2.24) is 10.6 Å². The molecule has 1 atom stereocenters. The van der Waals surface area contributed by atoms with Gasteiger partial charge in [-0.25, -0.2) is 9.59 Å². The van der Waals surface area contributed by atoms with Gasteiger partial charge in [0.1, 0.15) is 6.61 Å². The summed E-state index contributed by atoms with van der Waals surface area (Å²) in [5, 5.41) is 17.1. The molecule has 0 saturated heterocycles. The SMILES string of the molecule is CNCCOC(=O)C1=C(C)NC(C)=C(C(=O)OC)C1c1cccc([N+](=O)[O-])c1.Cl. The van der Waals surface area contributed by atoms with Crippen LogP contribution in [0.25, 0.3) is 0 Å². The van der Waals surface area contributed by atoms with Gasteiger partial charge < -0.3 is 20.1 Å². The van der Waals surface area contributed by atoms with Crippen molar-refractivity contribution >= 4 is 30.0 Å². The van der Waals surface area contributed by atoms with Crippen molar-refractivity contribution < 1.29 is 24.0 Å². The quantitative estimate of drug-likeness (QED) is 0.295. The van der Waals surface area contributed by atoms with Crippen molar-refractivity contribution in [2.75, 3.05) is 27.3 Å². The summed E-state index contributed by atoms with van der Waals surface area (Å²) >= 11 is 0. The molecule has 1 unspecified atom stereocenters. The van der Waals surface area contributed by atoms with E-state index in [1.807, 2.05) is 0 Å². The number of hydrogen-bond acceptors (Lipinski definition) is 8. The number of ether oxygens (including phenoxy) is 2. The third-order valence-corrected chi connectivity index (χ3v) is 4.39. The molecule has 9 nitrogen and oxygen atoms in total. The number of halogens is 1. The minimum absolute atomic E-state index is 0. The molecule has 0 amide bonds. The number of benzene rings is 1. The Balaban J connectivity index is 0.00000420. The lowest BCUT2D eigenvalue weighted by Gasteiger charge is -2.30. The fraction of sp³-hybridized carbons (Fsp3) is 0.368. The Morgan fingerprint density at radius 3 is 2.38 bits per heavy atom. The molecule has 0 fully saturated rings. The predicted octanol–water partition coefficient (Wildman–Crippen LogP) is 2.19. The molecular formula is C19H24ClN3O6. The third-order valence-electron chi connectivity index (χ3n) is 4.39. The number of allylic oxidation sites excluding steroid dienone is 2. The van der Waals surface area contributed by atoms with Gasteiger partial charge in [0.25, 0.3) is 5.69 Å². The van der Waals surface area contributed by atoms with Crippen LogP contribution in [0.2, 0.25) is 0 Å². The summed E-state index contributed by atoms with van der Waals surface area (Å²) in [4.78, 5) is 35.9. The summed E-state index contributed by atoms with van der Waals surface area (Å²) < 4.78 is 10.2. The summed E-state index contributed by atoms with van der Waals surface area (Å²) in [6, 6.07) is 5.84. The average molecular weight is 426 g/mol. The maximum atomic E-state index is 12.8. The van der Waals surface area contributed by atoms with Gasteiger partial charge in [-0.15, -0.1) is 12.4 Å². The van der Waals surface area contributed by atoms with E-state index < -0.39 is 22.8 Å². The normalized spacial score (nSPS) is 15.9. The summed E-state index contributed by atoms with van der Waals surface area (Å²) in [7, 11) is 2.97. The van der Waals surface area contributed by atoms with Crippen LogP contribution in [0.15, 0.2) is 46.8 Å². The van der Waals surface area contributed by atoms with Crippen LogP contribution in [0.4, 0.5) is 5.69 Å². The highest BCUT2D eigenvalue weighted by Gasteiger charge is 2.38. The zero-order valence-electron chi connectivity index (χ0n) is 16.6. The number of rotatable bonds is 7. The zero-order valence-corrected chi connectivity index (χ0v) is 17.4. The Kier molecular flexibility index (Phi) is 8.81. The Morgan fingerprint density at radius 2 is 1.83 bits per heavy atom. The highest BCUT2D eigenvalue weighted by molar-refractivity contribution is 5.99. The molecular weight excluding hydrogens is 402 g/mol. The van der Waals surface area contributed by atoms with Gasteiger partial charge >= 0.3 is 11.9 Å². The lowest BCUT2D eigenvalue weighted by Crippen LogP contribution is -2.32. The number of nitrogens with zero attached hydrogens (tertiary/aromatic N) is 1. The van der Waals surface area contributed by atoms with Crippen LogP contribution in [0, 0.1) is 10.1 Å². The number of hydrogen-bond donors (Lipinski definition) is 2. The molecule has 1 heterocycles. The smallest absolute Gasteiger partial charge is 0.336 e. The van der Waals surface area contributed by atoms with Gasteiger partial charge in [0.2, 0.25) is 0 Å². The number of esters is 2. The second-order valence-corrected chi connectivity index (χ2v) is 6.22. The molecule has 2 N–H and O–H groups in total.